The van der Waals surface area contributed by atoms with E-state index in [1.807, 2.05) is 6.07 Å². The number of rotatable bonds is 3. The summed E-state index contributed by atoms with van der Waals surface area (Å²) >= 11 is 0. The first-order chi connectivity index (χ1) is 9.41. The number of anilines is 3. The molecule has 0 aliphatic rings. The average Bonchev–Trinajstić information content (AvgIpc) is 2.46. The lowest BCUT2D eigenvalue weighted by Crippen LogP contribution is -2.17. The summed E-state index contributed by atoms with van der Waals surface area (Å²) in [4.78, 5) is 8.57. The van der Waals surface area contributed by atoms with Crippen molar-refractivity contribution >= 4 is 17.3 Å². The van der Waals surface area contributed by atoms with E-state index in [0.717, 1.165) is 5.69 Å². The predicted molar refractivity (Wildman–Crippen MR) is 71.1 cm³/mol. The minimum atomic E-state index is -4.58. The summed E-state index contributed by atoms with van der Waals surface area (Å²) in [5, 5.41) is 2.61. The Kier molecular flexibility index (Phi) is 3.78. The molecule has 1 aromatic heterocycles. The van der Waals surface area contributed by atoms with Gasteiger partial charge in [0.15, 0.2) is 0 Å². The van der Waals surface area contributed by atoms with Gasteiger partial charge >= 0.3 is 6.18 Å². The molecule has 0 spiro atoms. The number of hydrogen-bond donors (Lipinski definition) is 1. The van der Waals surface area contributed by atoms with E-state index >= 15 is 0 Å². The van der Waals surface area contributed by atoms with E-state index in [9.17, 15) is 13.2 Å². The fourth-order valence-corrected chi connectivity index (χ4v) is 1.64. The normalized spacial score (nSPS) is 11.2. The highest BCUT2D eigenvalue weighted by Crippen LogP contribution is 2.30. The van der Waals surface area contributed by atoms with E-state index in [0.29, 0.717) is 0 Å². The number of para-hydroxylation sites is 1. The van der Waals surface area contributed by atoms with Gasteiger partial charge in [0, 0.05) is 25.8 Å². The lowest BCUT2D eigenvalue weighted by molar-refractivity contribution is -0.144. The van der Waals surface area contributed by atoms with Gasteiger partial charge in [0.25, 0.3) is 0 Å². The molecule has 2 aromatic rings. The zero-order valence-corrected chi connectivity index (χ0v) is 10.9. The van der Waals surface area contributed by atoms with Crippen LogP contribution in [0.1, 0.15) is 5.82 Å². The van der Waals surface area contributed by atoms with Crippen molar-refractivity contribution in [3.05, 3.63) is 42.2 Å². The first kappa shape index (κ1) is 14.1. The highest BCUT2D eigenvalue weighted by atomic mass is 19.4. The van der Waals surface area contributed by atoms with Crippen LogP contribution in [-0.4, -0.2) is 24.1 Å². The molecule has 106 valence electrons. The van der Waals surface area contributed by atoms with Gasteiger partial charge in [-0.1, -0.05) is 18.2 Å². The molecule has 0 bridgehead atoms. The molecule has 0 amide bonds. The molecule has 0 fully saturated rings. The molecule has 20 heavy (non-hydrogen) atoms. The minimum Gasteiger partial charge on any atom is -0.373 e. The van der Waals surface area contributed by atoms with Gasteiger partial charge in [-0.05, 0) is 12.1 Å². The van der Waals surface area contributed by atoms with E-state index in [4.69, 9.17) is 0 Å². The van der Waals surface area contributed by atoms with Crippen LogP contribution in [0.2, 0.25) is 0 Å². The van der Waals surface area contributed by atoms with Crippen LogP contribution in [0.4, 0.5) is 30.5 Å². The Labute approximate surface area is 114 Å². The second-order valence-electron chi connectivity index (χ2n) is 4.08. The van der Waals surface area contributed by atoms with Crippen molar-refractivity contribution in [2.45, 2.75) is 6.18 Å². The van der Waals surface area contributed by atoms with Crippen molar-refractivity contribution in [2.24, 2.45) is 0 Å². The second-order valence-corrected chi connectivity index (χ2v) is 4.08. The summed E-state index contributed by atoms with van der Waals surface area (Å²) in [6.45, 7) is 0. The third-order valence-electron chi connectivity index (χ3n) is 2.71. The molecule has 1 N–H and O–H groups in total. The van der Waals surface area contributed by atoms with Gasteiger partial charge in [-0.2, -0.15) is 13.2 Å². The Bertz CT molecular complexity index is 584. The number of alkyl halides is 3. The van der Waals surface area contributed by atoms with Crippen LogP contribution in [0.15, 0.2) is 36.4 Å². The summed E-state index contributed by atoms with van der Waals surface area (Å²) in [5.74, 6) is -0.880. The van der Waals surface area contributed by atoms with Crippen molar-refractivity contribution in [2.75, 3.05) is 24.3 Å². The molecular formula is C13H13F3N4. The molecule has 0 unspecified atom stereocenters. The van der Waals surface area contributed by atoms with Crippen molar-refractivity contribution < 1.29 is 13.2 Å². The molecule has 1 aromatic carbocycles. The lowest BCUT2D eigenvalue weighted by atomic mass is 10.3. The van der Waals surface area contributed by atoms with E-state index in [2.05, 4.69) is 15.3 Å². The summed E-state index contributed by atoms with van der Waals surface area (Å²) < 4.78 is 38.3. The summed E-state index contributed by atoms with van der Waals surface area (Å²) in [6, 6.07) is 10.5. The van der Waals surface area contributed by atoms with Crippen LogP contribution >= 0.6 is 0 Å². The molecule has 7 heteroatoms. The van der Waals surface area contributed by atoms with Crippen molar-refractivity contribution in [1.29, 1.82) is 0 Å². The van der Waals surface area contributed by atoms with Crippen LogP contribution in [0, 0.1) is 0 Å². The molecular weight excluding hydrogens is 269 g/mol. The minimum absolute atomic E-state index is 0.116. The maximum atomic E-state index is 12.8. The maximum absolute atomic E-state index is 12.8. The Balaban J connectivity index is 2.46. The van der Waals surface area contributed by atoms with Gasteiger partial charge < -0.3 is 10.2 Å². The fraction of sp³-hybridized carbons (Fsp3) is 0.231. The summed E-state index contributed by atoms with van der Waals surface area (Å²) in [6.07, 6.45) is -4.58. The van der Waals surface area contributed by atoms with Crippen LogP contribution < -0.4 is 10.2 Å². The first-order valence-corrected chi connectivity index (χ1v) is 5.84. The van der Waals surface area contributed by atoms with Gasteiger partial charge in [-0.15, -0.1) is 0 Å². The molecule has 0 radical (unpaired) electrons. The lowest BCUT2D eigenvalue weighted by Gasteiger charge is -2.20. The number of nitrogens with one attached hydrogen (secondary N) is 1. The Morgan fingerprint density at radius 2 is 1.75 bits per heavy atom. The van der Waals surface area contributed by atoms with Crippen LogP contribution in [-0.2, 0) is 6.18 Å². The predicted octanol–water partition coefficient (Wildman–Crippen LogP) is 3.31. The molecule has 0 saturated heterocycles. The SMILES string of the molecule is CNc1cc(N(C)c2ccccc2)nc(C(F)(F)F)n1. The smallest absolute Gasteiger partial charge is 0.373 e. The van der Waals surface area contributed by atoms with E-state index in [-0.39, 0.29) is 11.6 Å². The number of hydrogen-bond acceptors (Lipinski definition) is 4. The quantitative estimate of drug-likeness (QED) is 0.937. The summed E-state index contributed by atoms with van der Waals surface area (Å²) in [5.41, 5.74) is 0.737. The Morgan fingerprint density at radius 3 is 2.30 bits per heavy atom. The van der Waals surface area contributed by atoms with Gasteiger partial charge in [0.1, 0.15) is 11.6 Å². The van der Waals surface area contributed by atoms with Gasteiger partial charge in [-0.3, -0.25) is 0 Å². The van der Waals surface area contributed by atoms with Gasteiger partial charge in [0.05, 0.1) is 0 Å². The monoisotopic (exact) mass is 282 g/mol. The van der Waals surface area contributed by atoms with Gasteiger partial charge in [-0.25, -0.2) is 9.97 Å². The molecule has 0 saturated carbocycles. The number of aromatic nitrogens is 2. The molecule has 4 nitrogen and oxygen atoms in total. The molecule has 0 aliphatic heterocycles. The second kappa shape index (κ2) is 5.36. The van der Waals surface area contributed by atoms with Crippen LogP contribution in [0.3, 0.4) is 0 Å². The van der Waals surface area contributed by atoms with E-state index in [1.54, 1.807) is 36.2 Å². The first-order valence-electron chi connectivity index (χ1n) is 5.84. The van der Waals surface area contributed by atoms with Gasteiger partial charge in [0.2, 0.25) is 5.82 Å². The van der Waals surface area contributed by atoms with E-state index in [1.165, 1.54) is 13.1 Å². The Hall–Kier alpha value is -2.31. The third-order valence-corrected chi connectivity index (χ3v) is 2.71. The zero-order chi connectivity index (χ0) is 14.8. The third kappa shape index (κ3) is 2.98. The van der Waals surface area contributed by atoms with Crippen molar-refractivity contribution in [1.82, 2.24) is 9.97 Å². The topological polar surface area (TPSA) is 41.0 Å². The largest absolute Gasteiger partial charge is 0.451 e. The molecule has 0 atom stereocenters. The molecule has 0 aliphatic carbocycles. The number of benzene rings is 1. The summed E-state index contributed by atoms with van der Waals surface area (Å²) in [7, 11) is 3.16. The Morgan fingerprint density at radius 1 is 1.10 bits per heavy atom. The highest BCUT2D eigenvalue weighted by molar-refractivity contribution is 5.61. The molecule has 1 heterocycles. The zero-order valence-electron chi connectivity index (χ0n) is 10.9. The molecule has 2 rings (SSSR count). The van der Waals surface area contributed by atoms with Crippen LogP contribution in [0.5, 0.6) is 0 Å². The van der Waals surface area contributed by atoms with E-state index < -0.39 is 12.0 Å². The van der Waals surface area contributed by atoms with Crippen LogP contribution in [0.25, 0.3) is 0 Å². The highest BCUT2D eigenvalue weighted by Gasteiger charge is 2.35. The fourth-order valence-electron chi connectivity index (χ4n) is 1.64. The van der Waals surface area contributed by atoms with Crippen molar-refractivity contribution in [3.8, 4) is 0 Å². The maximum Gasteiger partial charge on any atom is 0.451 e. The number of nitrogens with zero attached hydrogens (tertiary/aromatic N) is 3. The standard InChI is InChI=1S/C13H13F3N4/c1-17-10-8-11(19-12(18-10)13(14,15)16)20(2)9-6-4-3-5-7-9/h3-8H,1-2H3,(H,17,18,19). The van der Waals surface area contributed by atoms with Crippen molar-refractivity contribution in [3.63, 3.8) is 0 Å². The average molecular weight is 282 g/mol. The number of halogens is 3.